The highest BCUT2D eigenvalue weighted by Crippen LogP contribution is 2.43. The van der Waals surface area contributed by atoms with Crippen molar-refractivity contribution in [2.45, 2.75) is 0 Å². The number of benzene rings is 9. The van der Waals surface area contributed by atoms with Crippen molar-refractivity contribution in [3.8, 4) is 33.9 Å². The smallest absolute Gasteiger partial charge is 0.238 e. The van der Waals surface area contributed by atoms with Crippen LogP contribution in [0.3, 0.4) is 0 Å². The molecule has 6 nitrogen and oxygen atoms in total. The fourth-order valence-corrected chi connectivity index (χ4v) is 10.1. The van der Waals surface area contributed by atoms with Crippen molar-refractivity contribution in [3.63, 3.8) is 0 Å². The maximum atomic E-state index is 5.44. The number of hydrogen-bond acceptors (Lipinski definition) is 5. The first kappa shape index (κ1) is 32.4. The number of hydrogen-bond donors (Lipinski definition) is 0. The molecule has 9 aromatic carbocycles. The monoisotopic (exact) mass is 770 g/mol. The van der Waals surface area contributed by atoms with E-state index in [2.05, 4.69) is 191 Å². The second-order valence-electron chi connectivity index (χ2n) is 15.1. The summed E-state index contributed by atoms with van der Waals surface area (Å²) in [5.74, 6) is 1.78. The molecule has 0 atom stereocenters. The van der Waals surface area contributed by atoms with Crippen molar-refractivity contribution < 1.29 is 0 Å². The molecule has 13 aromatic rings. The molecule has 0 bridgehead atoms. The topological polar surface area (TPSA) is 61.4 Å². The molecule has 0 aliphatic carbocycles. The Hall–Kier alpha value is -7.74. The number of aromatic nitrogens is 6. The van der Waals surface area contributed by atoms with Crippen LogP contribution < -0.4 is 0 Å². The molecule has 59 heavy (non-hydrogen) atoms. The molecule has 0 fully saturated rings. The molecule has 4 aromatic heterocycles. The molecule has 13 rings (SSSR count). The Labute approximate surface area is 340 Å². The van der Waals surface area contributed by atoms with Crippen molar-refractivity contribution in [1.82, 2.24) is 29.1 Å². The summed E-state index contributed by atoms with van der Waals surface area (Å²) in [5.41, 5.74) is 7.08. The molecule has 0 aliphatic heterocycles. The molecule has 0 N–H and O–H groups in total. The van der Waals surface area contributed by atoms with E-state index in [9.17, 15) is 0 Å². The first-order valence-electron chi connectivity index (χ1n) is 19.7. The van der Waals surface area contributed by atoms with Crippen LogP contribution in [-0.2, 0) is 0 Å². The van der Waals surface area contributed by atoms with Gasteiger partial charge in [-0.05, 0) is 51.2 Å². The van der Waals surface area contributed by atoms with Gasteiger partial charge in [0.2, 0.25) is 5.95 Å². The summed E-state index contributed by atoms with van der Waals surface area (Å²) in [6.07, 6.45) is 0. The fourth-order valence-electron chi connectivity index (χ4n) is 9.12. The highest BCUT2D eigenvalue weighted by Gasteiger charge is 2.25. The number of para-hydroxylation sites is 2. The van der Waals surface area contributed by atoms with Gasteiger partial charge in [-0.2, -0.15) is 9.97 Å². The van der Waals surface area contributed by atoms with Crippen LogP contribution in [0.5, 0.6) is 0 Å². The van der Waals surface area contributed by atoms with Crippen molar-refractivity contribution in [2.75, 3.05) is 0 Å². The summed E-state index contributed by atoms with van der Waals surface area (Å²) >= 11 is 1.72. The minimum Gasteiger partial charge on any atom is -0.283 e. The van der Waals surface area contributed by atoms with Crippen LogP contribution in [0.2, 0.25) is 0 Å². The fraction of sp³-hybridized carbons (Fsp3) is 0. The SMILES string of the molecule is c1ccc2cc(-c3nc(-c4cccc5ccccc45)nc(-n4c5ccccc5c5ccc6c7ccccc7n(-c7nc8c(ccc9ccccc98)s7)c6c54)n3)ccc2c1. The largest absolute Gasteiger partial charge is 0.283 e. The zero-order valence-electron chi connectivity index (χ0n) is 31.4. The molecule has 274 valence electrons. The van der Waals surface area contributed by atoms with E-state index >= 15 is 0 Å². The summed E-state index contributed by atoms with van der Waals surface area (Å²) in [7, 11) is 0. The van der Waals surface area contributed by atoms with E-state index in [1.54, 1.807) is 11.3 Å². The Kier molecular flexibility index (Phi) is 6.79. The van der Waals surface area contributed by atoms with Crippen LogP contribution in [0.1, 0.15) is 0 Å². The molecule has 0 spiro atoms. The lowest BCUT2D eigenvalue weighted by atomic mass is 10.0. The third-order valence-electron chi connectivity index (χ3n) is 11.8. The van der Waals surface area contributed by atoms with Crippen LogP contribution in [0.4, 0.5) is 0 Å². The maximum absolute atomic E-state index is 5.44. The molecule has 7 heteroatoms. The van der Waals surface area contributed by atoms with Crippen molar-refractivity contribution in [1.29, 1.82) is 0 Å². The Balaban J connectivity index is 1.17. The van der Waals surface area contributed by atoms with Crippen LogP contribution in [0.15, 0.2) is 182 Å². The van der Waals surface area contributed by atoms with Gasteiger partial charge in [-0.15, -0.1) is 0 Å². The summed E-state index contributed by atoms with van der Waals surface area (Å²) in [4.78, 5) is 21.5. The number of thiazole rings is 1. The minimum absolute atomic E-state index is 0.553. The Morgan fingerprint density at radius 1 is 0.373 bits per heavy atom. The lowest BCUT2D eigenvalue weighted by Crippen LogP contribution is -2.07. The number of rotatable bonds is 4. The molecule has 0 unspecified atom stereocenters. The van der Waals surface area contributed by atoms with Gasteiger partial charge in [-0.25, -0.2) is 9.97 Å². The maximum Gasteiger partial charge on any atom is 0.238 e. The van der Waals surface area contributed by atoms with Gasteiger partial charge >= 0.3 is 0 Å². The zero-order chi connectivity index (χ0) is 38.6. The summed E-state index contributed by atoms with van der Waals surface area (Å²) in [5, 5.41) is 12.3. The van der Waals surface area contributed by atoms with Crippen LogP contribution in [0, 0.1) is 0 Å². The highest BCUT2D eigenvalue weighted by molar-refractivity contribution is 7.21. The summed E-state index contributed by atoms with van der Waals surface area (Å²) < 4.78 is 5.76. The Morgan fingerprint density at radius 3 is 1.73 bits per heavy atom. The van der Waals surface area contributed by atoms with Crippen LogP contribution in [0.25, 0.3) is 120 Å². The molecule has 0 amide bonds. The summed E-state index contributed by atoms with van der Waals surface area (Å²) in [6, 6.07) is 64.3. The van der Waals surface area contributed by atoms with E-state index in [0.29, 0.717) is 17.6 Å². The van der Waals surface area contributed by atoms with Crippen molar-refractivity contribution in [2.24, 2.45) is 0 Å². The van der Waals surface area contributed by atoms with Gasteiger partial charge in [0, 0.05) is 38.1 Å². The van der Waals surface area contributed by atoms with Crippen molar-refractivity contribution >= 4 is 97.5 Å². The minimum atomic E-state index is 0.553. The average molecular weight is 771 g/mol. The molecule has 0 saturated carbocycles. The van der Waals surface area contributed by atoms with Crippen molar-refractivity contribution in [3.05, 3.63) is 182 Å². The second-order valence-corrected chi connectivity index (χ2v) is 16.1. The second kappa shape index (κ2) is 12.4. The Morgan fingerprint density at radius 2 is 0.949 bits per heavy atom. The normalized spacial score (nSPS) is 12.1. The van der Waals surface area contributed by atoms with E-state index in [4.69, 9.17) is 19.9 Å². The first-order valence-corrected chi connectivity index (χ1v) is 20.5. The predicted octanol–water partition coefficient (Wildman–Crippen LogP) is 13.5. The molecular formula is C52H30N6S. The lowest BCUT2D eigenvalue weighted by Gasteiger charge is -2.13. The molecule has 4 heterocycles. The van der Waals surface area contributed by atoms with Gasteiger partial charge in [-0.1, -0.05) is 169 Å². The van der Waals surface area contributed by atoms with Crippen LogP contribution in [-0.4, -0.2) is 29.1 Å². The van der Waals surface area contributed by atoms with E-state index in [-0.39, 0.29) is 0 Å². The highest BCUT2D eigenvalue weighted by atomic mass is 32.1. The molecular weight excluding hydrogens is 741 g/mol. The van der Waals surface area contributed by atoms with Gasteiger partial charge in [0.1, 0.15) is 0 Å². The quantitative estimate of drug-likeness (QED) is 0.179. The van der Waals surface area contributed by atoms with E-state index in [0.717, 1.165) is 91.6 Å². The third-order valence-corrected chi connectivity index (χ3v) is 12.8. The Bertz CT molecular complexity index is 3870. The lowest BCUT2D eigenvalue weighted by molar-refractivity contribution is 0.954. The van der Waals surface area contributed by atoms with Crippen LogP contribution >= 0.6 is 11.3 Å². The molecule has 0 radical (unpaired) electrons. The van der Waals surface area contributed by atoms with E-state index in [1.165, 1.54) is 10.8 Å². The number of nitrogens with zero attached hydrogens (tertiary/aromatic N) is 6. The molecule has 0 aliphatic rings. The van der Waals surface area contributed by atoms with Gasteiger partial charge < -0.3 is 0 Å². The van der Waals surface area contributed by atoms with Gasteiger partial charge in [0.15, 0.2) is 16.8 Å². The third kappa shape index (κ3) is 4.79. The van der Waals surface area contributed by atoms with E-state index < -0.39 is 0 Å². The average Bonchev–Trinajstić information content (AvgIpc) is 3.99. The zero-order valence-corrected chi connectivity index (χ0v) is 32.2. The standard InChI is InChI=1S/C52H30N6S/c1-2-15-34-30-35(25-24-31(34)12-1)49-54-50(42-21-11-16-32-13-3-5-17-36(32)42)56-51(55-49)57-43-22-9-7-19-38(43)40-27-28-41-39-20-8-10-23-44(39)58(48(41)47(40)57)52-53-46-37-18-6-4-14-33(37)26-29-45(46)59-52/h1-30H. The predicted molar refractivity (Wildman–Crippen MR) is 245 cm³/mol. The van der Waals surface area contributed by atoms with Gasteiger partial charge in [0.25, 0.3) is 0 Å². The number of fused-ring (bicyclic) bond motifs is 12. The van der Waals surface area contributed by atoms with Gasteiger partial charge in [-0.3, -0.25) is 9.13 Å². The van der Waals surface area contributed by atoms with E-state index in [1.807, 2.05) is 0 Å². The van der Waals surface area contributed by atoms with Gasteiger partial charge in [0.05, 0.1) is 32.3 Å². The molecule has 0 saturated heterocycles. The first-order chi connectivity index (χ1) is 29.2. The summed E-state index contributed by atoms with van der Waals surface area (Å²) in [6.45, 7) is 0.